The van der Waals surface area contributed by atoms with Crippen molar-refractivity contribution >= 4 is 11.7 Å². The lowest BCUT2D eigenvalue weighted by molar-refractivity contribution is 0.249. The Morgan fingerprint density at radius 1 is 1.35 bits per heavy atom. The summed E-state index contributed by atoms with van der Waals surface area (Å²) in [4.78, 5) is 16.7. The van der Waals surface area contributed by atoms with Gasteiger partial charge in [-0.05, 0) is 39.3 Å². The van der Waals surface area contributed by atoms with Gasteiger partial charge >= 0.3 is 6.03 Å². The number of carbonyl (C=O) groups is 1. The van der Waals surface area contributed by atoms with Crippen molar-refractivity contribution < 1.29 is 9.32 Å². The molecule has 8 heteroatoms. The fourth-order valence-corrected chi connectivity index (χ4v) is 2.80. The largest absolute Gasteiger partial charge is 0.361 e. The molecule has 0 fully saturated rings. The molecule has 3 aromatic heterocycles. The number of anilines is 1. The highest BCUT2D eigenvalue weighted by atomic mass is 16.5. The lowest BCUT2D eigenvalue weighted by Gasteiger charge is -2.14. The minimum atomic E-state index is -0.297. The summed E-state index contributed by atoms with van der Waals surface area (Å²) in [6.45, 7) is 5.71. The predicted molar refractivity (Wildman–Crippen MR) is 97.7 cm³/mol. The number of nitrogens with zero attached hydrogens (tertiary/aromatic N) is 4. The Morgan fingerprint density at radius 3 is 2.81 bits per heavy atom. The van der Waals surface area contributed by atoms with Gasteiger partial charge in [-0.3, -0.25) is 9.67 Å². The van der Waals surface area contributed by atoms with Gasteiger partial charge in [0.1, 0.15) is 11.5 Å². The Balaban J connectivity index is 1.67. The van der Waals surface area contributed by atoms with Gasteiger partial charge < -0.3 is 15.2 Å². The molecule has 0 unspecified atom stereocenters. The molecule has 0 aliphatic rings. The van der Waals surface area contributed by atoms with Crippen molar-refractivity contribution in [1.82, 2.24) is 25.2 Å². The van der Waals surface area contributed by atoms with Gasteiger partial charge in [0.25, 0.3) is 0 Å². The zero-order valence-electron chi connectivity index (χ0n) is 15.3. The quantitative estimate of drug-likeness (QED) is 0.734. The summed E-state index contributed by atoms with van der Waals surface area (Å²) < 4.78 is 6.81. The molecule has 3 heterocycles. The van der Waals surface area contributed by atoms with Crippen molar-refractivity contribution in [2.24, 2.45) is 7.05 Å². The number of pyridine rings is 1. The Morgan fingerprint density at radius 2 is 2.15 bits per heavy atom. The van der Waals surface area contributed by atoms with Gasteiger partial charge in [-0.15, -0.1) is 0 Å². The molecule has 0 spiro atoms. The van der Waals surface area contributed by atoms with Gasteiger partial charge in [0.05, 0.1) is 17.1 Å². The fraction of sp³-hybridized carbons (Fsp3) is 0.333. The van der Waals surface area contributed by atoms with Crippen LogP contribution >= 0.6 is 0 Å². The molecule has 0 saturated heterocycles. The van der Waals surface area contributed by atoms with Crippen molar-refractivity contribution in [2.45, 2.75) is 33.2 Å². The zero-order chi connectivity index (χ0) is 18.7. The Kier molecular flexibility index (Phi) is 5.01. The smallest absolute Gasteiger partial charge is 0.319 e. The molecule has 0 aromatic carbocycles. The van der Waals surface area contributed by atoms with Crippen LogP contribution in [0.1, 0.15) is 23.9 Å². The van der Waals surface area contributed by atoms with Crippen LogP contribution in [-0.4, -0.2) is 32.0 Å². The molecule has 136 valence electrons. The zero-order valence-corrected chi connectivity index (χ0v) is 15.3. The first-order chi connectivity index (χ1) is 12.4. The van der Waals surface area contributed by atoms with E-state index in [9.17, 15) is 4.79 Å². The van der Waals surface area contributed by atoms with Crippen LogP contribution < -0.4 is 10.6 Å². The average molecular weight is 354 g/mol. The predicted octanol–water partition coefficient (Wildman–Crippen LogP) is 2.84. The van der Waals surface area contributed by atoms with Gasteiger partial charge in [-0.2, -0.15) is 5.10 Å². The first-order valence-corrected chi connectivity index (χ1v) is 8.38. The highest BCUT2D eigenvalue weighted by Crippen LogP contribution is 2.24. The molecule has 2 N–H and O–H groups in total. The van der Waals surface area contributed by atoms with E-state index >= 15 is 0 Å². The summed E-state index contributed by atoms with van der Waals surface area (Å²) in [5.41, 5.74) is 3.80. The number of rotatable bonds is 5. The third-order valence-electron chi connectivity index (χ3n) is 4.05. The normalized spacial score (nSPS) is 12.0. The summed E-state index contributed by atoms with van der Waals surface area (Å²) in [6, 6.07) is 5.19. The molecule has 3 rings (SSSR count). The van der Waals surface area contributed by atoms with E-state index in [0.29, 0.717) is 23.5 Å². The van der Waals surface area contributed by atoms with E-state index < -0.39 is 0 Å². The second-order valence-corrected chi connectivity index (χ2v) is 6.29. The second kappa shape index (κ2) is 7.38. The summed E-state index contributed by atoms with van der Waals surface area (Å²) >= 11 is 0. The van der Waals surface area contributed by atoms with Gasteiger partial charge in [-0.25, -0.2) is 4.79 Å². The summed E-state index contributed by atoms with van der Waals surface area (Å²) in [5.74, 6) is 0.779. The average Bonchev–Trinajstić information content (AvgIpc) is 3.12. The number of amides is 2. The standard InChI is InChI=1S/C18H22N6O2/c1-11(9-14-12(2)23-26-13(14)3)20-18(25)21-16-10-24(4)22-17(16)15-7-5-6-8-19-15/h5-8,10-11H,9H2,1-4H3,(H2,20,21,25)/t11-/m1/s1. The van der Waals surface area contributed by atoms with Gasteiger partial charge in [0, 0.05) is 31.0 Å². The number of aryl methyl sites for hydroxylation is 3. The SMILES string of the molecule is Cc1noc(C)c1C[C@@H](C)NC(=O)Nc1cn(C)nc1-c1ccccn1. The molecule has 8 nitrogen and oxygen atoms in total. The number of nitrogens with one attached hydrogen (secondary N) is 2. The van der Waals surface area contributed by atoms with Crippen LogP contribution in [0.2, 0.25) is 0 Å². The van der Waals surface area contributed by atoms with Gasteiger partial charge in [0.15, 0.2) is 0 Å². The molecule has 0 aliphatic heterocycles. The number of carbonyl (C=O) groups excluding carboxylic acids is 1. The first kappa shape index (κ1) is 17.7. The van der Waals surface area contributed by atoms with Crippen LogP contribution in [0.4, 0.5) is 10.5 Å². The van der Waals surface area contributed by atoms with Crippen molar-refractivity contribution in [3.05, 3.63) is 47.6 Å². The third-order valence-corrected chi connectivity index (χ3v) is 4.05. The number of aromatic nitrogens is 4. The maximum absolute atomic E-state index is 12.4. The number of hydrogen-bond donors (Lipinski definition) is 2. The molecule has 0 radical (unpaired) electrons. The van der Waals surface area contributed by atoms with Crippen LogP contribution in [0, 0.1) is 13.8 Å². The van der Waals surface area contributed by atoms with Crippen LogP contribution in [0.25, 0.3) is 11.4 Å². The van der Waals surface area contributed by atoms with E-state index in [4.69, 9.17) is 4.52 Å². The van der Waals surface area contributed by atoms with E-state index in [0.717, 1.165) is 17.0 Å². The summed E-state index contributed by atoms with van der Waals surface area (Å²) in [7, 11) is 1.80. The molecular weight excluding hydrogens is 332 g/mol. The topological polar surface area (TPSA) is 97.9 Å². The molecule has 0 bridgehead atoms. The maximum Gasteiger partial charge on any atom is 0.319 e. The van der Waals surface area contributed by atoms with Crippen LogP contribution in [0.3, 0.4) is 0 Å². The number of hydrogen-bond acceptors (Lipinski definition) is 5. The van der Waals surface area contributed by atoms with E-state index in [-0.39, 0.29) is 12.1 Å². The van der Waals surface area contributed by atoms with E-state index in [2.05, 4.69) is 25.9 Å². The minimum absolute atomic E-state index is 0.0817. The molecule has 3 aromatic rings. The Hall–Kier alpha value is -3.16. The highest BCUT2D eigenvalue weighted by Gasteiger charge is 2.17. The number of urea groups is 1. The van der Waals surface area contributed by atoms with Crippen molar-refractivity contribution in [3.63, 3.8) is 0 Å². The first-order valence-electron chi connectivity index (χ1n) is 8.38. The lowest BCUT2D eigenvalue weighted by atomic mass is 10.1. The lowest BCUT2D eigenvalue weighted by Crippen LogP contribution is -2.37. The van der Waals surface area contributed by atoms with Crippen molar-refractivity contribution in [2.75, 3.05) is 5.32 Å². The Bertz CT molecular complexity index is 880. The van der Waals surface area contributed by atoms with E-state index in [1.54, 1.807) is 24.1 Å². The molecule has 2 amide bonds. The van der Waals surface area contributed by atoms with E-state index in [1.165, 1.54) is 0 Å². The molecule has 1 atom stereocenters. The Labute approximate surface area is 151 Å². The second-order valence-electron chi connectivity index (χ2n) is 6.29. The molecule has 0 aliphatic carbocycles. The summed E-state index contributed by atoms with van der Waals surface area (Å²) in [5, 5.41) is 14.1. The molecular formula is C18H22N6O2. The minimum Gasteiger partial charge on any atom is -0.361 e. The highest BCUT2D eigenvalue weighted by molar-refractivity contribution is 5.93. The van der Waals surface area contributed by atoms with Crippen LogP contribution in [0.15, 0.2) is 35.1 Å². The van der Waals surface area contributed by atoms with Gasteiger partial charge in [-0.1, -0.05) is 11.2 Å². The maximum atomic E-state index is 12.4. The van der Waals surface area contributed by atoms with Gasteiger partial charge in [0.2, 0.25) is 0 Å². The van der Waals surface area contributed by atoms with Crippen molar-refractivity contribution in [1.29, 1.82) is 0 Å². The monoisotopic (exact) mass is 354 g/mol. The van der Waals surface area contributed by atoms with Crippen molar-refractivity contribution in [3.8, 4) is 11.4 Å². The fourth-order valence-electron chi connectivity index (χ4n) is 2.80. The summed E-state index contributed by atoms with van der Waals surface area (Å²) in [6.07, 6.45) is 4.09. The molecule has 26 heavy (non-hydrogen) atoms. The third kappa shape index (κ3) is 3.90. The van der Waals surface area contributed by atoms with E-state index in [1.807, 2.05) is 39.0 Å². The molecule has 0 saturated carbocycles. The van der Waals surface area contributed by atoms with Crippen LogP contribution in [0.5, 0.6) is 0 Å². The van der Waals surface area contributed by atoms with Crippen LogP contribution in [-0.2, 0) is 13.5 Å².